The first-order chi connectivity index (χ1) is 13.6. The number of hydrogen-bond acceptors (Lipinski definition) is 8. The third-order valence-corrected chi connectivity index (χ3v) is 7.19. The first-order valence-electron chi connectivity index (χ1n) is 9.36. The summed E-state index contributed by atoms with van der Waals surface area (Å²) in [6, 6.07) is 10.4. The van der Waals surface area contributed by atoms with Crippen LogP contribution in [0.1, 0.15) is 19.4 Å². The van der Waals surface area contributed by atoms with Gasteiger partial charge in [-0.15, -0.1) is 10.2 Å². The molecular formula is C19H26N4O2S3. The standard InChI is InChI=1S/C19H26N4O2S3/c1-14(2)27-19-22-21-18(28-19)26-13-17(24)20-10-16-12-23(8-9-25-16)11-15-6-4-3-5-7-15/h3-7,14,16H,8-13H2,1-2H3,(H,20,24)/t16-/m1/s1. The number of nitrogens with one attached hydrogen (secondary N) is 1. The number of thioether (sulfide) groups is 2. The van der Waals surface area contributed by atoms with Crippen molar-refractivity contribution in [3.8, 4) is 0 Å². The summed E-state index contributed by atoms with van der Waals surface area (Å²) in [7, 11) is 0. The zero-order valence-electron chi connectivity index (χ0n) is 16.2. The van der Waals surface area contributed by atoms with Crippen molar-refractivity contribution in [3.63, 3.8) is 0 Å². The number of benzene rings is 1. The van der Waals surface area contributed by atoms with Gasteiger partial charge in [-0.05, 0) is 5.56 Å². The van der Waals surface area contributed by atoms with Crippen molar-refractivity contribution in [2.24, 2.45) is 0 Å². The fraction of sp³-hybridized carbons (Fsp3) is 0.526. The van der Waals surface area contributed by atoms with Gasteiger partial charge in [0.15, 0.2) is 8.68 Å². The molecule has 0 bridgehead atoms. The van der Waals surface area contributed by atoms with E-state index in [-0.39, 0.29) is 12.0 Å². The number of hydrogen-bond donors (Lipinski definition) is 1. The van der Waals surface area contributed by atoms with Crippen LogP contribution in [0.15, 0.2) is 39.0 Å². The maximum atomic E-state index is 12.2. The van der Waals surface area contributed by atoms with Gasteiger partial charge in [0.05, 0.1) is 18.5 Å². The minimum atomic E-state index is 0.00189. The van der Waals surface area contributed by atoms with Gasteiger partial charge < -0.3 is 10.1 Å². The summed E-state index contributed by atoms with van der Waals surface area (Å²) in [5, 5.41) is 11.8. The Kier molecular flexibility index (Phi) is 8.60. The van der Waals surface area contributed by atoms with Crippen LogP contribution >= 0.6 is 34.9 Å². The number of morpholine rings is 1. The highest BCUT2D eigenvalue weighted by molar-refractivity contribution is 8.03. The molecule has 0 radical (unpaired) electrons. The molecule has 1 fully saturated rings. The molecule has 28 heavy (non-hydrogen) atoms. The van der Waals surface area contributed by atoms with E-state index in [1.165, 1.54) is 17.3 Å². The zero-order chi connectivity index (χ0) is 19.8. The molecular weight excluding hydrogens is 412 g/mol. The first kappa shape index (κ1) is 21.6. The largest absolute Gasteiger partial charge is 0.374 e. The lowest BCUT2D eigenvalue weighted by Crippen LogP contribution is -2.47. The van der Waals surface area contributed by atoms with Crippen LogP contribution in [0, 0.1) is 0 Å². The molecule has 0 aliphatic carbocycles. The number of nitrogens with zero attached hydrogens (tertiary/aromatic N) is 3. The first-order valence-corrected chi connectivity index (χ1v) is 12.0. The molecule has 6 nitrogen and oxygen atoms in total. The Hall–Kier alpha value is -1.13. The number of amides is 1. The second-order valence-electron chi connectivity index (χ2n) is 6.81. The van der Waals surface area contributed by atoms with Crippen LogP contribution < -0.4 is 5.32 Å². The summed E-state index contributed by atoms with van der Waals surface area (Å²) >= 11 is 4.67. The Labute approximate surface area is 178 Å². The van der Waals surface area contributed by atoms with Crippen LogP contribution in [0.2, 0.25) is 0 Å². The van der Waals surface area contributed by atoms with E-state index < -0.39 is 0 Å². The van der Waals surface area contributed by atoms with Crippen molar-refractivity contribution in [2.45, 2.75) is 40.4 Å². The lowest BCUT2D eigenvalue weighted by molar-refractivity contribution is -0.119. The molecule has 1 aliphatic rings. The van der Waals surface area contributed by atoms with Crippen LogP contribution in [-0.4, -0.2) is 64.4 Å². The van der Waals surface area contributed by atoms with Gasteiger partial charge in [-0.25, -0.2) is 0 Å². The summed E-state index contributed by atoms with van der Waals surface area (Å²) in [6.07, 6.45) is 0.0296. The third kappa shape index (κ3) is 7.36. The van der Waals surface area contributed by atoms with Crippen LogP contribution in [0.3, 0.4) is 0 Å². The smallest absolute Gasteiger partial charge is 0.230 e. The topological polar surface area (TPSA) is 67.4 Å². The molecule has 1 aromatic carbocycles. The van der Waals surface area contributed by atoms with Crippen molar-refractivity contribution in [1.82, 2.24) is 20.4 Å². The van der Waals surface area contributed by atoms with Gasteiger partial charge >= 0.3 is 0 Å². The predicted molar refractivity (Wildman–Crippen MR) is 116 cm³/mol. The minimum absolute atomic E-state index is 0.00189. The molecule has 1 atom stereocenters. The van der Waals surface area contributed by atoms with Crippen LogP contribution in [0.25, 0.3) is 0 Å². The third-order valence-electron chi connectivity index (χ3n) is 4.05. The Bertz CT molecular complexity index is 742. The second-order valence-corrected chi connectivity index (χ2v) is 10.8. The second kappa shape index (κ2) is 11.2. The molecule has 1 N–H and O–H groups in total. The molecule has 0 unspecified atom stereocenters. The number of carbonyl (C=O) groups is 1. The molecule has 0 spiro atoms. The SMILES string of the molecule is CC(C)Sc1nnc(SCC(=O)NC[C@@H]2CN(Cc3ccccc3)CCO2)s1. The van der Waals surface area contributed by atoms with Gasteiger partial charge in [0.1, 0.15) is 0 Å². The lowest BCUT2D eigenvalue weighted by Gasteiger charge is -2.33. The number of ether oxygens (including phenoxy) is 1. The molecule has 2 aromatic rings. The summed E-state index contributed by atoms with van der Waals surface area (Å²) in [5.74, 6) is 0.351. The quantitative estimate of drug-likeness (QED) is 0.603. The summed E-state index contributed by atoms with van der Waals surface area (Å²) in [5.41, 5.74) is 1.30. The molecule has 9 heteroatoms. The summed E-state index contributed by atoms with van der Waals surface area (Å²) < 4.78 is 7.60. The fourth-order valence-electron chi connectivity index (χ4n) is 2.80. The zero-order valence-corrected chi connectivity index (χ0v) is 18.6. The average Bonchev–Trinajstić information content (AvgIpc) is 3.12. The van der Waals surface area contributed by atoms with E-state index in [0.717, 1.165) is 28.3 Å². The molecule has 0 saturated carbocycles. The van der Waals surface area contributed by atoms with E-state index in [0.29, 0.717) is 24.2 Å². The van der Waals surface area contributed by atoms with Crippen LogP contribution in [0.5, 0.6) is 0 Å². The summed E-state index contributed by atoms with van der Waals surface area (Å²) in [6.45, 7) is 8.15. The van der Waals surface area contributed by atoms with Crippen LogP contribution in [0.4, 0.5) is 0 Å². The van der Waals surface area contributed by atoms with E-state index in [4.69, 9.17) is 4.74 Å². The molecule has 3 rings (SSSR count). The van der Waals surface area contributed by atoms with Gasteiger partial charge in [0.25, 0.3) is 0 Å². The van der Waals surface area contributed by atoms with Crippen molar-refractivity contribution >= 4 is 40.8 Å². The summed E-state index contributed by atoms with van der Waals surface area (Å²) in [4.78, 5) is 14.5. The number of carbonyl (C=O) groups excluding carboxylic acids is 1. The molecule has 1 aromatic heterocycles. The van der Waals surface area contributed by atoms with E-state index in [1.54, 1.807) is 23.1 Å². The van der Waals surface area contributed by atoms with Crippen LogP contribution in [-0.2, 0) is 16.1 Å². The normalized spacial score (nSPS) is 17.8. The average molecular weight is 439 g/mol. The van der Waals surface area contributed by atoms with E-state index in [2.05, 4.69) is 58.5 Å². The fourth-order valence-corrected chi connectivity index (χ4v) is 5.87. The van der Waals surface area contributed by atoms with Crippen molar-refractivity contribution in [3.05, 3.63) is 35.9 Å². The van der Waals surface area contributed by atoms with Gasteiger partial charge in [-0.2, -0.15) is 0 Å². The predicted octanol–water partition coefficient (Wildman–Crippen LogP) is 3.15. The highest BCUT2D eigenvalue weighted by Gasteiger charge is 2.21. The molecule has 1 amide bonds. The molecule has 152 valence electrons. The van der Waals surface area contributed by atoms with Gasteiger partial charge in [0.2, 0.25) is 5.91 Å². The highest BCUT2D eigenvalue weighted by Crippen LogP contribution is 2.30. The number of aromatic nitrogens is 2. The van der Waals surface area contributed by atoms with Gasteiger partial charge in [-0.1, -0.05) is 79.0 Å². The van der Waals surface area contributed by atoms with Crippen molar-refractivity contribution in [1.29, 1.82) is 0 Å². The van der Waals surface area contributed by atoms with Crippen molar-refractivity contribution < 1.29 is 9.53 Å². The minimum Gasteiger partial charge on any atom is -0.374 e. The number of rotatable bonds is 9. The van der Waals surface area contributed by atoms with Crippen molar-refractivity contribution in [2.75, 3.05) is 32.0 Å². The van der Waals surface area contributed by atoms with E-state index in [1.807, 2.05) is 6.07 Å². The highest BCUT2D eigenvalue weighted by atomic mass is 32.2. The Morgan fingerprint density at radius 2 is 2.11 bits per heavy atom. The molecule has 1 aliphatic heterocycles. The Morgan fingerprint density at radius 3 is 2.89 bits per heavy atom. The lowest BCUT2D eigenvalue weighted by atomic mass is 10.2. The maximum absolute atomic E-state index is 12.2. The Morgan fingerprint density at radius 1 is 1.32 bits per heavy atom. The monoisotopic (exact) mass is 438 g/mol. The van der Waals surface area contributed by atoms with E-state index in [9.17, 15) is 4.79 Å². The van der Waals surface area contributed by atoms with E-state index >= 15 is 0 Å². The van der Waals surface area contributed by atoms with Gasteiger partial charge in [0, 0.05) is 31.4 Å². The molecule has 2 heterocycles. The van der Waals surface area contributed by atoms with Gasteiger partial charge in [-0.3, -0.25) is 9.69 Å². The Balaban J connectivity index is 1.36. The maximum Gasteiger partial charge on any atom is 0.230 e. The molecule has 1 saturated heterocycles.